The van der Waals surface area contributed by atoms with Crippen LogP contribution in [0.1, 0.15) is 44.4 Å². The summed E-state index contributed by atoms with van der Waals surface area (Å²) in [4.78, 5) is 12.5. The quantitative estimate of drug-likeness (QED) is 0.809. The SMILES string of the molecule is CC(NC(c1ccccc1)c1ccccc1)=C1C(=O)C[C@@H]2[C@@H]1C2(C)C. The zero-order valence-electron chi connectivity index (χ0n) is 15.1. The number of nitrogens with one attached hydrogen (secondary N) is 1. The molecule has 2 aliphatic rings. The van der Waals surface area contributed by atoms with E-state index >= 15 is 0 Å². The van der Waals surface area contributed by atoms with Gasteiger partial charge in [0.1, 0.15) is 0 Å². The highest BCUT2D eigenvalue weighted by molar-refractivity contribution is 6.01. The lowest BCUT2D eigenvalue weighted by Crippen LogP contribution is -2.24. The van der Waals surface area contributed by atoms with Crippen molar-refractivity contribution < 1.29 is 4.79 Å². The van der Waals surface area contributed by atoms with Gasteiger partial charge in [0.25, 0.3) is 0 Å². The molecule has 0 unspecified atom stereocenters. The monoisotopic (exact) mass is 331 g/mol. The summed E-state index contributed by atoms with van der Waals surface area (Å²) in [7, 11) is 0. The van der Waals surface area contributed by atoms with Gasteiger partial charge < -0.3 is 5.32 Å². The first-order valence-corrected chi connectivity index (χ1v) is 9.10. The van der Waals surface area contributed by atoms with Gasteiger partial charge in [-0.05, 0) is 35.3 Å². The number of rotatable bonds is 4. The summed E-state index contributed by atoms with van der Waals surface area (Å²) in [6, 6.07) is 21.0. The van der Waals surface area contributed by atoms with Crippen LogP contribution in [0.2, 0.25) is 0 Å². The Morgan fingerprint density at radius 2 is 1.52 bits per heavy atom. The van der Waals surface area contributed by atoms with Gasteiger partial charge >= 0.3 is 0 Å². The Balaban J connectivity index is 1.70. The molecule has 2 aromatic rings. The number of hydrogen-bond acceptors (Lipinski definition) is 2. The summed E-state index contributed by atoms with van der Waals surface area (Å²) in [5.41, 5.74) is 4.78. The second kappa shape index (κ2) is 5.87. The van der Waals surface area contributed by atoms with E-state index in [9.17, 15) is 4.79 Å². The van der Waals surface area contributed by atoms with Crippen LogP contribution in [0, 0.1) is 17.3 Å². The predicted octanol–water partition coefficient (Wildman–Crippen LogP) is 4.88. The van der Waals surface area contributed by atoms with Gasteiger partial charge in [-0.2, -0.15) is 0 Å². The molecule has 2 heteroatoms. The van der Waals surface area contributed by atoms with Gasteiger partial charge in [0, 0.05) is 17.7 Å². The summed E-state index contributed by atoms with van der Waals surface area (Å²) in [5, 5.41) is 3.68. The van der Waals surface area contributed by atoms with Gasteiger partial charge in [-0.15, -0.1) is 0 Å². The Morgan fingerprint density at radius 3 is 2.00 bits per heavy atom. The molecule has 0 aliphatic heterocycles. The smallest absolute Gasteiger partial charge is 0.161 e. The molecule has 0 radical (unpaired) electrons. The molecule has 0 saturated heterocycles. The van der Waals surface area contributed by atoms with Gasteiger partial charge in [-0.1, -0.05) is 74.5 Å². The minimum Gasteiger partial charge on any atom is -0.377 e. The van der Waals surface area contributed by atoms with Crippen molar-refractivity contribution in [2.75, 3.05) is 0 Å². The zero-order chi connectivity index (χ0) is 17.6. The zero-order valence-corrected chi connectivity index (χ0v) is 15.1. The van der Waals surface area contributed by atoms with E-state index < -0.39 is 0 Å². The molecule has 1 N–H and O–H groups in total. The van der Waals surface area contributed by atoms with Crippen molar-refractivity contribution in [3.63, 3.8) is 0 Å². The Kier molecular flexibility index (Phi) is 3.79. The van der Waals surface area contributed by atoms with Gasteiger partial charge in [0.2, 0.25) is 0 Å². The van der Waals surface area contributed by atoms with Crippen LogP contribution >= 0.6 is 0 Å². The Morgan fingerprint density at radius 1 is 1.00 bits per heavy atom. The molecule has 2 fully saturated rings. The molecule has 0 bridgehead atoms. The molecule has 0 heterocycles. The molecule has 25 heavy (non-hydrogen) atoms. The molecule has 128 valence electrons. The average Bonchev–Trinajstić information content (AvgIpc) is 2.96. The average molecular weight is 331 g/mol. The molecular weight excluding hydrogens is 306 g/mol. The molecule has 0 aromatic heterocycles. The van der Waals surface area contributed by atoms with Crippen LogP contribution in [0.3, 0.4) is 0 Å². The number of allylic oxidation sites excluding steroid dienone is 2. The Hall–Kier alpha value is -2.35. The second-order valence-corrected chi connectivity index (χ2v) is 7.97. The molecule has 2 aromatic carbocycles. The van der Waals surface area contributed by atoms with E-state index in [-0.39, 0.29) is 11.5 Å². The number of fused-ring (bicyclic) bond motifs is 1. The first-order chi connectivity index (χ1) is 12.0. The number of ketones is 1. The lowest BCUT2D eigenvalue weighted by molar-refractivity contribution is -0.115. The van der Waals surface area contributed by atoms with E-state index in [1.54, 1.807) is 0 Å². The third-order valence-electron chi connectivity index (χ3n) is 6.10. The lowest BCUT2D eigenvalue weighted by Gasteiger charge is -2.23. The summed E-state index contributed by atoms with van der Waals surface area (Å²) >= 11 is 0. The van der Waals surface area contributed by atoms with Crippen molar-refractivity contribution in [3.05, 3.63) is 83.1 Å². The van der Waals surface area contributed by atoms with Crippen molar-refractivity contribution in [3.8, 4) is 0 Å². The maximum absolute atomic E-state index is 12.5. The van der Waals surface area contributed by atoms with E-state index in [4.69, 9.17) is 0 Å². The summed E-state index contributed by atoms with van der Waals surface area (Å²) in [6.07, 6.45) is 0.716. The van der Waals surface area contributed by atoms with E-state index in [0.717, 1.165) is 11.3 Å². The largest absolute Gasteiger partial charge is 0.377 e. The first kappa shape index (κ1) is 16.1. The number of hydrogen-bond donors (Lipinski definition) is 1. The summed E-state index contributed by atoms with van der Waals surface area (Å²) in [5.74, 6) is 1.30. The maximum Gasteiger partial charge on any atom is 0.161 e. The molecule has 0 spiro atoms. The maximum atomic E-state index is 12.5. The highest BCUT2D eigenvalue weighted by Crippen LogP contribution is 2.68. The molecule has 2 atom stereocenters. The van der Waals surface area contributed by atoms with Crippen LogP contribution in [-0.4, -0.2) is 5.78 Å². The van der Waals surface area contributed by atoms with Crippen molar-refractivity contribution in [1.82, 2.24) is 5.32 Å². The van der Waals surface area contributed by atoms with Crippen LogP contribution in [0.25, 0.3) is 0 Å². The summed E-state index contributed by atoms with van der Waals surface area (Å²) < 4.78 is 0. The number of carbonyl (C=O) groups is 1. The highest BCUT2D eigenvalue weighted by atomic mass is 16.1. The minimum absolute atomic E-state index is 0.0589. The number of benzene rings is 2. The van der Waals surface area contributed by atoms with E-state index in [0.29, 0.717) is 24.0 Å². The van der Waals surface area contributed by atoms with Gasteiger partial charge in [0.15, 0.2) is 5.78 Å². The normalized spacial score (nSPS) is 25.7. The Bertz CT molecular complexity index is 780. The second-order valence-electron chi connectivity index (χ2n) is 7.97. The topological polar surface area (TPSA) is 29.1 Å². The van der Waals surface area contributed by atoms with Gasteiger partial charge in [-0.3, -0.25) is 4.79 Å². The van der Waals surface area contributed by atoms with Crippen LogP contribution in [0.4, 0.5) is 0 Å². The number of Topliss-reactive ketones (excluding diaryl/α,β-unsaturated/α-hetero) is 1. The third-order valence-corrected chi connectivity index (χ3v) is 6.10. The van der Waals surface area contributed by atoms with Crippen molar-refractivity contribution in [2.24, 2.45) is 17.3 Å². The molecule has 2 saturated carbocycles. The molecule has 4 rings (SSSR count). The minimum atomic E-state index is 0.0589. The van der Waals surface area contributed by atoms with Crippen LogP contribution in [0.15, 0.2) is 71.9 Å². The van der Waals surface area contributed by atoms with Crippen molar-refractivity contribution in [2.45, 2.75) is 33.2 Å². The molecule has 2 nitrogen and oxygen atoms in total. The van der Waals surface area contributed by atoms with E-state index in [1.165, 1.54) is 11.1 Å². The fraction of sp³-hybridized carbons (Fsp3) is 0.348. The van der Waals surface area contributed by atoms with Crippen molar-refractivity contribution in [1.29, 1.82) is 0 Å². The van der Waals surface area contributed by atoms with Crippen LogP contribution in [-0.2, 0) is 4.79 Å². The van der Waals surface area contributed by atoms with Crippen molar-refractivity contribution >= 4 is 5.78 Å². The van der Waals surface area contributed by atoms with E-state index in [1.807, 2.05) is 12.1 Å². The highest BCUT2D eigenvalue weighted by Gasteiger charge is 2.65. The standard InChI is InChI=1S/C23H25NO/c1-15(20-19(25)14-18-21(20)23(18,2)3)24-22(16-10-6-4-7-11-16)17-12-8-5-9-13-17/h4-13,18,21-22,24H,14H2,1-3H3/t18-,21+/m1/s1. The first-order valence-electron chi connectivity index (χ1n) is 9.10. The predicted molar refractivity (Wildman–Crippen MR) is 101 cm³/mol. The fourth-order valence-corrected chi connectivity index (χ4v) is 4.57. The van der Waals surface area contributed by atoms with Gasteiger partial charge in [-0.25, -0.2) is 0 Å². The van der Waals surface area contributed by atoms with Crippen LogP contribution in [0.5, 0.6) is 0 Å². The lowest BCUT2D eigenvalue weighted by atomic mass is 9.94. The molecule has 0 amide bonds. The van der Waals surface area contributed by atoms with Gasteiger partial charge in [0.05, 0.1) is 6.04 Å². The molecular formula is C23H25NO. The van der Waals surface area contributed by atoms with Crippen LogP contribution < -0.4 is 5.32 Å². The third kappa shape index (κ3) is 2.70. The van der Waals surface area contributed by atoms with E-state index in [2.05, 4.69) is 74.6 Å². The Labute approximate surface area is 150 Å². The fourth-order valence-electron chi connectivity index (χ4n) is 4.57. The summed E-state index contributed by atoms with van der Waals surface area (Å²) in [6.45, 7) is 6.64. The number of carbonyl (C=O) groups excluding carboxylic acids is 1. The molecule has 2 aliphatic carbocycles.